The molecule has 0 aliphatic heterocycles. The molecular formula is C25H24ClN3O5. The molecule has 9 heteroatoms. The molecule has 2 amide bonds. The molecule has 0 unspecified atom stereocenters. The smallest absolute Gasteiger partial charge is 0.271 e. The van der Waals surface area contributed by atoms with Crippen LogP contribution in [0.15, 0.2) is 65.8 Å². The van der Waals surface area contributed by atoms with E-state index in [4.69, 9.17) is 25.8 Å². The fourth-order valence-corrected chi connectivity index (χ4v) is 3.17. The third-order valence-corrected chi connectivity index (χ3v) is 4.95. The summed E-state index contributed by atoms with van der Waals surface area (Å²) >= 11 is 6.34. The van der Waals surface area contributed by atoms with E-state index in [1.807, 2.05) is 19.1 Å². The van der Waals surface area contributed by atoms with Gasteiger partial charge in [-0.05, 0) is 61.0 Å². The second kappa shape index (κ2) is 11.7. The molecule has 0 spiro atoms. The van der Waals surface area contributed by atoms with Gasteiger partial charge >= 0.3 is 0 Å². The Kier molecular flexibility index (Phi) is 8.48. The number of nitrogens with one attached hydrogen (secondary N) is 2. The van der Waals surface area contributed by atoms with Crippen molar-refractivity contribution in [3.63, 3.8) is 0 Å². The Labute approximate surface area is 202 Å². The van der Waals surface area contributed by atoms with Gasteiger partial charge in [-0.1, -0.05) is 29.3 Å². The van der Waals surface area contributed by atoms with Gasteiger partial charge in [0.2, 0.25) is 0 Å². The van der Waals surface area contributed by atoms with Crippen LogP contribution < -0.4 is 25.0 Å². The zero-order chi connectivity index (χ0) is 24.5. The average molecular weight is 482 g/mol. The largest absolute Gasteiger partial charge is 0.497 e. The molecule has 0 bridgehead atoms. The van der Waals surface area contributed by atoms with E-state index in [0.717, 1.165) is 5.56 Å². The van der Waals surface area contributed by atoms with Crippen LogP contribution in [0.1, 0.15) is 21.5 Å². The second-order valence-electron chi connectivity index (χ2n) is 7.16. The number of aryl methyl sites for hydroxylation is 1. The summed E-state index contributed by atoms with van der Waals surface area (Å²) in [4.78, 5) is 24.4. The minimum absolute atomic E-state index is 0.217. The zero-order valence-electron chi connectivity index (χ0n) is 18.9. The highest BCUT2D eigenvalue weighted by Gasteiger charge is 2.14. The van der Waals surface area contributed by atoms with Gasteiger partial charge in [-0.3, -0.25) is 9.59 Å². The number of carbonyl (C=O) groups excluding carboxylic acids is 2. The first kappa shape index (κ1) is 24.6. The standard InChI is InChI=1S/C25H24ClN3O5/c1-16-4-6-18(7-5-16)25(31)29-27-14-17-12-21(26)24(22(13-17)33-3)34-15-23(30)28-19-8-10-20(32-2)11-9-19/h4-14H,15H2,1-3H3,(H,28,30)(H,29,31)/b27-14+. The van der Waals surface area contributed by atoms with Crippen LogP contribution >= 0.6 is 11.6 Å². The van der Waals surface area contributed by atoms with Crippen LogP contribution in [0, 0.1) is 6.92 Å². The topological polar surface area (TPSA) is 98.3 Å². The number of hydrogen-bond acceptors (Lipinski definition) is 6. The number of hydrogen-bond donors (Lipinski definition) is 2. The number of nitrogens with zero attached hydrogens (tertiary/aromatic N) is 1. The number of carbonyl (C=O) groups is 2. The van der Waals surface area contributed by atoms with E-state index in [2.05, 4.69) is 15.8 Å². The van der Waals surface area contributed by atoms with Crippen molar-refractivity contribution >= 4 is 35.3 Å². The maximum atomic E-state index is 12.2. The molecule has 0 aliphatic carbocycles. The first-order valence-corrected chi connectivity index (χ1v) is 10.6. The van der Waals surface area contributed by atoms with Crippen LogP contribution in [-0.4, -0.2) is 38.9 Å². The van der Waals surface area contributed by atoms with Crippen LogP contribution in [0.5, 0.6) is 17.2 Å². The number of benzene rings is 3. The summed E-state index contributed by atoms with van der Waals surface area (Å²) in [5, 5.41) is 6.91. The lowest BCUT2D eigenvalue weighted by molar-refractivity contribution is -0.118. The minimum atomic E-state index is -0.368. The van der Waals surface area contributed by atoms with Crippen molar-refractivity contribution in [1.82, 2.24) is 5.43 Å². The Morgan fingerprint density at radius 2 is 1.71 bits per heavy atom. The molecule has 0 saturated heterocycles. The van der Waals surface area contributed by atoms with Crippen molar-refractivity contribution in [2.75, 3.05) is 26.1 Å². The maximum Gasteiger partial charge on any atom is 0.271 e. The van der Waals surface area contributed by atoms with Gasteiger partial charge in [0.1, 0.15) is 5.75 Å². The van der Waals surface area contributed by atoms with Crippen LogP contribution in [0.3, 0.4) is 0 Å². The molecule has 0 fully saturated rings. The van der Waals surface area contributed by atoms with E-state index in [0.29, 0.717) is 28.3 Å². The van der Waals surface area contributed by atoms with Crippen LogP contribution in [0.2, 0.25) is 5.02 Å². The number of methoxy groups -OCH3 is 2. The van der Waals surface area contributed by atoms with Gasteiger partial charge < -0.3 is 19.5 Å². The average Bonchev–Trinajstić information content (AvgIpc) is 2.84. The second-order valence-corrected chi connectivity index (χ2v) is 7.57. The fraction of sp³-hybridized carbons (Fsp3) is 0.160. The van der Waals surface area contributed by atoms with Crippen LogP contribution in [-0.2, 0) is 4.79 Å². The van der Waals surface area contributed by atoms with Crippen molar-refractivity contribution < 1.29 is 23.8 Å². The van der Waals surface area contributed by atoms with E-state index >= 15 is 0 Å². The predicted octanol–water partition coefficient (Wildman–Crippen LogP) is 4.45. The lowest BCUT2D eigenvalue weighted by Gasteiger charge is -2.13. The van der Waals surface area contributed by atoms with Crippen molar-refractivity contribution in [2.45, 2.75) is 6.92 Å². The first-order chi connectivity index (χ1) is 16.4. The summed E-state index contributed by atoms with van der Waals surface area (Å²) in [6.45, 7) is 1.67. The van der Waals surface area contributed by atoms with Gasteiger partial charge in [0, 0.05) is 11.3 Å². The van der Waals surface area contributed by atoms with E-state index in [9.17, 15) is 9.59 Å². The van der Waals surface area contributed by atoms with Gasteiger partial charge in [0.25, 0.3) is 11.8 Å². The molecule has 3 rings (SSSR count). The van der Waals surface area contributed by atoms with Crippen molar-refractivity contribution in [2.24, 2.45) is 5.10 Å². The quantitative estimate of drug-likeness (QED) is 0.347. The number of rotatable bonds is 9. The molecule has 2 N–H and O–H groups in total. The van der Waals surface area contributed by atoms with E-state index in [1.54, 1.807) is 55.6 Å². The SMILES string of the molecule is COc1ccc(NC(=O)COc2c(Cl)cc(/C=N/NC(=O)c3ccc(C)cc3)cc2OC)cc1. The number of anilines is 1. The van der Waals surface area contributed by atoms with Gasteiger partial charge in [-0.25, -0.2) is 5.43 Å². The number of amides is 2. The highest BCUT2D eigenvalue weighted by atomic mass is 35.5. The van der Waals surface area contributed by atoms with E-state index in [-0.39, 0.29) is 29.2 Å². The highest BCUT2D eigenvalue weighted by molar-refractivity contribution is 6.32. The molecule has 0 aliphatic rings. The summed E-state index contributed by atoms with van der Waals surface area (Å²) in [6, 6.07) is 17.3. The van der Waals surface area contributed by atoms with Gasteiger partial charge in [-0.15, -0.1) is 0 Å². The maximum absolute atomic E-state index is 12.2. The Hall–Kier alpha value is -4.04. The molecule has 0 aromatic heterocycles. The molecule has 0 radical (unpaired) electrons. The molecule has 0 saturated carbocycles. The molecule has 176 valence electrons. The normalized spacial score (nSPS) is 10.6. The van der Waals surface area contributed by atoms with Gasteiger partial charge in [0.15, 0.2) is 18.1 Å². The third kappa shape index (κ3) is 6.73. The molecule has 0 atom stereocenters. The Bertz CT molecular complexity index is 1180. The molecule has 8 nitrogen and oxygen atoms in total. The summed E-state index contributed by atoms with van der Waals surface area (Å²) in [5.74, 6) is 0.514. The monoisotopic (exact) mass is 481 g/mol. The predicted molar refractivity (Wildman–Crippen MR) is 131 cm³/mol. The fourth-order valence-electron chi connectivity index (χ4n) is 2.90. The van der Waals surface area contributed by atoms with Crippen molar-refractivity contribution in [3.8, 4) is 17.2 Å². The van der Waals surface area contributed by atoms with E-state index < -0.39 is 0 Å². The van der Waals surface area contributed by atoms with Crippen LogP contribution in [0.25, 0.3) is 0 Å². The molecule has 0 heterocycles. The molecular weight excluding hydrogens is 458 g/mol. The minimum Gasteiger partial charge on any atom is -0.497 e. The van der Waals surface area contributed by atoms with E-state index in [1.165, 1.54) is 13.3 Å². The Balaban J connectivity index is 1.60. The Morgan fingerprint density at radius 1 is 1.00 bits per heavy atom. The lowest BCUT2D eigenvalue weighted by atomic mass is 10.1. The number of hydrazone groups is 1. The van der Waals surface area contributed by atoms with Crippen LogP contribution in [0.4, 0.5) is 5.69 Å². The molecule has 34 heavy (non-hydrogen) atoms. The molecule has 3 aromatic carbocycles. The summed E-state index contributed by atoms with van der Waals surface area (Å²) in [6.07, 6.45) is 1.43. The van der Waals surface area contributed by atoms with Gasteiger partial charge in [0.05, 0.1) is 25.5 Å². The highest BCUT2D eigenvalue weighted by Crippen LogP contribution is 2.36. The first-order valence-electron chi connectivity index (χ1n) is 10.2. The Morgan fingerprint density at radius 3 is 2.35 bits per heavy atom. The van der Waals surface area contributed by atoms with Gasteiger partial charge in [-0.2, -0.15) is 5.10 Å². The van der Waals surface area contributed by atoms with Crippen molar-refractivity contribution in [1.29, 1.82) is 0 Å². The van der Waals surface area contributed by atoms with Crippen molar-refractivity contribution in [3.05, 3.63) is 82.4 Å². The number of ether oxygens (including phenoxy) is 3. The summed E-state index contributed by atoms with van der Waals surface area (Å²) < 4.78 is 16.0. The lowest BCUT2D eigenvalue weighted by Crippen LogP contribution is -2.20. The summed E-state index contributed by atoms with van der Waals surface area (Å²) in [7, 11) is 3.02. The zero-order valence-corrected chi connectivity index (χ0v) is 19.7. The summed E-state index contributed by atoms with van der Waals surface area (Å²) in [5.41, 5.74) is 5.19. The number of halogens is 1. The molecule has 3 aromatic rings. The third-order valence-electron chi connectivity index (χ3n) is 4.67.